The summed E-state index contributed by atoms with van der Waals surface area (Å²) in [6.07, 6.45) is 0. The summed E-state index contributed by atoms with van der Waals surface area (Å²) >= 11 is 0. The Morgan fingerprint density at radius 3 is 2.45 bits per heavy atom. The standard InChI is InChI=1S/C14H13FN2O3/c1-19-13-10(16)9(15)11(8-6-4-3-5-7-8)17-12(13)14(18)20-2/h3-7H,1-2H3,(H2,16,17). The molecule has 1 heterocycles. The zero-order valence-corrected chi connectivity index (χ0v) is 11.0. The molecule has 1 aromatic carbocycles. The second kappa shape index (κ2) is 5.56. The minimum atomic E-state index is -0.745. The summed E-state index contributed by atoms with van der Waals surface area (Å²) in [6.45, 7) is 0. The van der Waals surface area contributed by atoms with Gasteiger partial charge in [-0.3, -0.25) is 0 Å². The van der Waals surface area contributed by atoms with Crippen LogP contribution in [0.25, 0.3) is 11.3 Å². The van der Waals surface area contributed by atoms with Gasteiger partial charge in [0, 0.05) is 5.56 Å². The molecule has 0 atom stereocenters. The maximum atomic E-state index is 14.3. The van der Waals surface area contributed by atoms with Crippen LogP contribution >= 0.6 is 0 Å². The van der Waals surface area contributed by atoms with Crippen molar-refractivity contribution < 1.29 is 18.7 Å². The van der Waals surface area contributed by atoms with E-state index in [1.165, 1.54) is 14.2 Å². The molecule has 0 aliphatic carbocycles. The first-order valence-electron chi connectivity index (χ1n) is 5.76. The van der Waals surface area contributed by atoms with Crippen molar-refractivity contribution in [2.45, 2.75) is 0 Å². The van der Waals surface area contributed by atoms with Gasteiger partial charge in [-0.05, 0) is 0 Å². The predicted molar refractivity (Wildman–Crippen MR) is 71.9 cm³/mol. The first-order chi connectivity index (χ1) is 9.60. The molecule has 2 N–H and O–H groups in total. The van der Waals surface area contributed by atoms with Gasteiger partial charge >= 0.3 is 5.97 Å². The highest BCUT2D eigenvalue weighted by Crippen LogP contribution is 2.34. The monoisotopic (exact) mass is 276 g/mol. The van der Waals surface area contributed by atoms with E-state index in [-0.39, 0.29) is 22.8 Å². The largest absolute Gasteiger partial charge is 0.492 e. The number of benzene rings is 1. The number of hydrogen-bond acceptors (Lipinski definition) is 5. The molecule has 6 heteroatoms. The minimum absolute atomic E-state index is 0.0238. The van der Waals surface area contributed by atoms with E-state index >= 15 is 0 Å². The molecule has 0 bridgehead atoms. The van der Waals surface area contributed by atoms with Crippen molar-refractivity contribution in [2.24, 2.45) is 0 Å². The summed E-state index contributed by atoms with van der Waals surface area (Å²) in [4.78, 5) is 15.7. The number of ether oxygens (including phenoxy) is 2. The van der Waals surface area contributed by atoms with Gasteiger partial charge in [0.25, 0.3) is 0 Å². The van der Waals surface area contributed by atoms with Gasteiger partial charge in [0.15, 0.2) is 17.3 Å². The van der Waals surface area contributed by atoms with Crippen molar-refractivity contribution in [3.05, 3.63) is 41.8 Å². The van der Waals surface area contributed by atoms with Gasteiger partial charge in [-0.1, -0.05) is 30.3 Å². The van der Waals surface area contributed by atoms with E-state index in [1.54, 1.807) is 30.3 Å². The number of rotatable bonds is 3. The van der Waals surface area contributed by atoms with E-state index < -0.39 is 11.8 Å². The average Bonchev–Trinajstić information content (AvgIpc) is 2.49. The Bertz CT molecular complexity index is 645. The Balaban J connectivity index is 2.71. The molecule has 104 valence electrons. The third kappa shape index (κ3) is 2.27. The van der Waals surface area contributed by atoms with Crippen LogP contribution in [0.3, 0.4) is 0 Å². The van der Waals surface area contributed by atoms with E-state index in [0.717, 1.165) is 0 Å². The molecule has 0 fully saturated rings. The summed E-state index contributed by atoms with van der Waals surface area (Å²) in [5.41, 5.74) is 5.72. The van der Waals surface area contributed by atoms with Crippen molar-refractivity contribution in [1.29, 1.82) is 0 Å². The first kappa shape index (κ1) is 13.8. The summed E-state index contributed by atoms with van der Waals surface area (Å²) in [5.74, 6) is -1.61. The lowest BCUT2D eigenvalue weighted by Gasteiger charge is -2.13. The number of carbonyl (C=O) groups excluding carboxylic acids is 1. The maximum Gasteiger partial charge on any atom is 0.360 e. The molecule has 0 aliphatic rings. The Kier molecular flexibility index (Phi) is 3.84. The van der Waals surface area contributed by atoms with Gasteiger partial charge in [-0.25, -0.2) is 14.2 Å². The number of halogens is 1. The van der Waals surface area contributed by atoms with Gasteiger partial charge in [0.1, 0.15) is 11.4 Å². The highest BCUT2D eigenvalue weighted by atomic mass is 19.1. The lowest BCUT2D eigenvalue weighted by atomic mass is 10.1. The number of pyridine rings is 1. The predicted octanol–water partition coefficient (Wildman–Crippen LogP) is 2.27. The number of anilines is 1. The van der Waals surface area contributed by atoms with E-state index in [0.29, 0.717) is 5.56 Å². The smallest absolute Gasteiger partial charge is 0.360 e. The van der Waals surface area contributed by atoms with Crippen LogP contribution in [-0.2, 0) is 4.74 Å². The molecule has 0 unspecified atom stereocenters. The van der Waals surface area contributed by atoms with Crippen LogP contribution in [0.4, 0.5) is 10.1 Å². The van der Waals surface area contributed by atoms with Crippen LogP contribution in [0.5, 0.6) is 5.75 Å². The van der Waals surface area contributed by atoms with Crippen molar-refractivity contribution >= 4 is 11.7 Å². The van der Waals surface area contributed by atoms with Crippen LogP contribution in [0.1, 0.15) is 10.5 Å². The van der Waals surface area contributed by atoms with Crippen LogP contribution in [0, 0.1) is 5.82 Å². The molecule has 0 aliphatic heterocycles. The quantitative estimate of drug-likeness (QED) is 0.870. The lowest BCUT2D eigenvalue weighted by molar-refractivity contribution is 0.0590. The van der Waals surface area contributed by atoms with Crippen molar-refractivity contribution in [1.82, 2.24) is 4.98 Å². The van der Waals surface area contributed by atoms with E-state index in [2.05, 4.69) is 9.72 Å². The maximum absolute atomic E-state index is 14.3. The first-order valence-corrected chi connectivity index (χ1v) is 5.76. The number of hydrogen-bond donors (Lipinski definition) is 1. The molecular weight excluding hydrogens is 263 g/mol. The molecule has 2 rings (SSSR count). The highest BCUT2D eigenvalue weighted by molar-refractivity contribution is 5.93. The molecule has 1 aromatic heterocycles. The summed E-state index contributed by atoms with van der Waals surface area (Å²) in [7, 11) is 2.48. The Morgan fingerprint density at radius 2 is 1.90 bits per heavy atom. The summed E-state index contributed by atoms with van der Waals surface area (Å²) < 4.78 is 23.8. The number of aromatic nitrogens is 1. The van der Waals surface area contributed by atoms with Crippen molar-refractivity contribution in [2.75, 3.05) is 20.0 Å². The van der Waals surface area contributed by atoms with Crippen molar-refractivity contribution in [3.63, 3.8) is 0 Å². The molecule has 0 saturated heterocycles. The van der Waals surface area contributed by atoms with Gasteiger partial charge in [-0.15, -0.1) is 0 Å². The SMILES string of the molecule is COC(=O)c1nc(-c2ccccc2)c(F)c(N)c1OC. The van der Waals surface area contributed by atoms with Gasteiger partial charge < -0.3 is 15.2 Å². The molecule has 0 radical (unpaired) electrons. The second-order valence-corrected chi connectivity index (χ2v) is 3.93. The fourth-order valence-corrected chi connectivity index (χ4v) is 1.80. The molecule has 2 aromatic rings. The van der Waals surface area contributed by atoms with Gasteiger partial charge in [0.05, 0.1) is 14.2 Å². The van der Waals surface area contributed by atoms with E-state index in [1.807, 2.05) is 0 Å². The Labute approximate surface area is 115 Å². The zero-order valence-electron chi connectivity index (χ0n) is 11.0. The Hall–Kier alpha value is -2.63. The summed E-state index contributed by atoms with van der Waals surface area (Å²) in [5, 5.41) is 0. The molecule has 0 spiro atoms. The van der Waals surface area contributed by atoms with Gasteiger partial charge in [-0.2, -0.15) is 0 Å². The fourth-order valence-electron chi connectivity index (χ4n) is 1.80. The van der Waals surface area contributed by atoms with Crippen molar-refractivity contribution in [3.8, 4) is 17.0 Å². The third-order valence-corrected chi connectivity index (χ3v) is 2.76. The van der Waals surface area contributed by atoms with E-state index in [9.17, 15) is 9.18 Å². The molecule has 0 saturated carbocycles. The third-order valence-electron chi connectivity index (χ3n) is 2.76. The van der Waals surface area contributed by atoms with Crippen LogP contribution in [-0.4, -0.2) is 25.2 Å². The number of nitrogen functional groups attached to an aromatic ring is 1. The van der Waals surface area contributed by atoms with Crippen LogP contribution < -0.4 is 10.5 Å². The normalized spacial score (nSPS) is 10.2. The number of nitrogens with two attached hydrogens (primary N) is 1. The van der Waals surface area contributed by atoms with Crippen LogP contribution in [0.15, 0.2) is 30.3 Å². The van der Waals surface area contributed by atoms with E-state index in [4.69, 9.17) is 10.5 Å². The number of carbonyl (C=O) groups is 1. The molecular formula is C14H13FN2O3. The molecule has 20 heavy (non-hydrogen) atoms. The fraction of sp³-hybridized carbons (Fsp3) is 0.143. The van der Waals surface area contributed by atoms with Gasteiger partial charge in [0.2, 0.25) is 0 Å². The lowest BCUT2D eigenvalue weighted by Crippen LogP contribution is -2.12. The highest BCUT2D eigenvalue weighted by Gasteiger charge is 2.24. The number of esters is 1. The average molecular weight is 276 g/mol. The zero-order chi connectivity index (χ0) is 14.7. The number of methoxy groups -OCH3 is 2. The Morgan fingerprint density at radius 1 is 1.25 bits per heavy atom. The molecule has 5 nitrogen and oxygen atoms in total. The minimum Gasteiger partial charge on any atom is -0.492 e. The topological polar surface area (TPSA) is 74.4 Å². The number of nitrogens with zero attached hydrogens (tertiary/aromatic N) is 1. The summed E-state index contributed by atoms with van der Waals surface area (Å²) in [6, 6.07) is 8.58. The second-order valence-electron chi connectivity index (χ2n) is 3.93. The van der Waals surface area contributed by atoms with Crippen LogP contribution in [0.2, 0.25) is 0 Å². The molecule has 0 amide bonds.